The number of ether oxygens (including phenoxy) is 1. The van der Waals surface area contributed by atoms with E-state index in [0.29, 0.717) is 5.69 Å². The lowest BCUT2D eigenvalue weighted by molar-refractivity contribution is -0.158. The van der Waals surface area contributed by atoms with Crippen LogP contribution in [0.5, 0.6) is 0 Å². The first-order valence-corrected chi connectivity index (χ1v) is 6.34. The molecule has 0 aliphatic heterocycles. The van der Waals surface area contributed by atoms with Crippen LogP contribution in [0.4, 0.5) is 0 Å². The monoisotopic (exact) mass is 276 g/mol. The third kappa shape index (κ3) is 2.64. The lowest BCUT2D eigenvalue weighted by Gasteiger charge is -2.09. The van der Waals surface area contributed by atoms with Crippen molar-refractivity contribution in [2.45, 2.75) is 13.3 Å². The van der Waals surface area contributed by atoms with Gasteiger partial charge in [0.25, 0.3) is 0 Å². The number of para-hydroxylation sites is 1. The van der Waals surface area contributed by atoms with Gasteiger partial charge in [-0.15, -0.1) is 0 Å². The highest BCUT2D eigenvalue weighted by molar-refractivity contribution is 5.95. The predicted molar refractivity (Wildman–Crippen MR) is 72.2 cm³/mol. The number of aliphatic carboxylic acids is 1. The van der Waals surface area contributed by atoms with Crippen LogP contribution in [0.1, 0.15) is 12.6 Å². The van der Waals surface area contributed by atoms with Gasteiger partial charge in [0.15, 0.2) is 5.92 Å². The Morgan fingerprint density at radius 3 is 2.75 bits per heavy atom. The molecule has 1 unspecified atom stereocenters. The van der Waals surface area contributed by atoms with E-state index in [0.717, 1.165) is 10.9 Å². The fourth-order valence-corrected chi connectivity index (χ4v) is 2.15. The number of carbonyl (C=O) groups is 2. The number of esters is 1. The van der Waals surface area contributed by atoms with Crippen molar-refractivity contribution in [2.24, 2.45) is 13.0 Å². The number of carbonyl (C=O) groups excluding carboxylic acids is 1. The molecule has 6 heteroatoms. The van der Waals surface area contributed by atoms with Crippen molar-refractivity contribution in [3.05, 3.63) is 30.0 Å². The first kappa shape index (κ1) is 14.0. The number of aromatic nitrogens is 2. The molecule has 0 aliphatic carbocycles. The van der Waals surface area contributed by atoms with Crippen LogP contribution in [0.3, 0.4) is 0 Å². The molecule has 6 nitrogen and oxygen atoms in total. The molecule has 0 bridgehead atoms. The molecule has 0 spiro atoms. The lowest BCUT2D eigenvalue weighted by Crippen LogP contribution is -2.28. The van der Waals surface area contributed by atoms with E-state index in [1.165, 1.54) is 0 Å². The molecule has 1 aromatic heterocycles. The van der Waals surface area contributed by atoms with Gasteiger partial charge in [0.05, 0.1) is 17.8 Å². The maximum absolute atomic E-state index is 11.7. The van der Waals surface area contributed by atoms with Crippen LogP contribution in [-0.2, 0) is 27.8 Å². The van der Waals surface area contributed by atoms with Gasteiger partial charge in [-0.2, -0.15) is 5.10 Å². The third-order valence-electron chi connectivity index (χ3n) is 3.10. The smallest absolute Gasteiger partial charge is 0.320 e. The minimum atomic E-state index is -1.23. The molecule has 0 saturated carbocycles. The van der Waals surface area contributed by atoms with Crippen molar-refractivity contribution in [2.75, 3.05) is 6.61 Å². The summed E-state index contributed by atoms with van der Waals surface area (Å²) >= 11 is 0. The number of rotatable bonds is 5. The van der Waals surface area contributed by atoms with E-state index < -0.39 is 17.9 Å². The summed E-state index contributed by atoms with van der Waals surface area (Å²) in [7, 11) is 1.78. The second-order valence-corrected chi connectivity index (χ2v) is 4.43. The molecule has 0 aliphatic rings. The normalized spacial score (nSPS) is 12.3. The molecule has 1 atom stereocenters. The molecular formula is C14H16N2O4. The lowest BCUT2D eigenvalue weighted by atomic mass is 10.0. The molecule has 1 heterocycles. The van der Waals surface area contributed by atoms with E-state index in [9.17, 15) is 14.7 Å². The third-order valence-corrected chi connectivity index (χ3v) is 3.10. The standard InChI is InChI=1S/C14H16N2O4/c1-3-20-14(19)10(13(17)18)8-11-9-6-4-5-7-12(9)16(2)15-11/h4-7,10H,3,8H2,1-2H3,(H,17,18). The number of carboxylic acid groups (broad SMARTS) is 1. The van der Waals surface area contributed by atoms with Crippen molar-refractivity contribution < 1.29 is 19.4 Å². The summed E-state index contributed by atoms with van der Waals surface area (Å²) in [6, 6.07) is 7.50. The highest BCUT2D eigenvalue weighted by atomic mass is 16.5. The molecule has 0 amide bonds. The Kier molecular flexibility index (Phi) is 4.02. The maximum atomic E-state index is 11.7. The Balaban J connectivity index is 2.34. The number of aryl methyl sites for hydroxylation is 1. The number of benzene rings is 1. The molecule has 2 aromatic rings. The van der Waals surface area contributed by atoms with Gasteiger partial charge in [0, 0.05) is 18.9 Å². The second-order valence-electron chi connectivity index (χ2n) is 4.43. The van der Waals surface area contributed by atoms with Crippen LogP contribution in [-0.4, -0.2) is 33.4 Å². The second kappa shape index (κ2) is 5.73. The largest absolute Gasteiger partial charge is 0.481 e. The van der Waals surface area contributed by atoms with Crippen LogP contribution in [0, 0.1) is 5.92 Å². The first-order chi connectivity index (χ1) is 9.54. The molecule has 106 valence electrons. The summed E-state index contributed by atoms with van der Waals surface area (Å²) in [6.45, 7) is 1.80. The SMILES string of the molecule is CCOC(=O)C(Cc1nn(C)c2ccccc12)C(=O)O. The van der Waals surface area contributed by atoms with Gasteiger partial charge in [-0.25, -0.2) is 0 Å². The molecule has 0 saturated heterocycles. The summed E-state index contributed by atoms with van der Waals surface area (Å²) < 4.78 is 6.48. The highest BCUT2D eigenvalue weighted by Crippen LogP contribution is 2.21. The minimum Gasteiger partial charge on any atom is -0.481 e. The predicted octanol–water partition coefficient (Wildman–Crippen LogP) is 1.38. The molecule has 1 aromatic carbocycles. The van der Waals surface area contributed by atoms with Crippen LogP contribution >= 0.6 is 0 Å². The van der Waals surface area contributed by atoms with Crippen LogP contribution in [0.25, 0.3) is 10.9 Å². The van der Waals surface area contributed by atoms with Gasteiger partial charge in [-0.3, -0.25) is 14.3 Å². The van der Waals surface area contributed by atoms with Gasteiger partial charge >= 0.3 is 11.9 Å². The Hall–Kier alpha value is -2.37. The van der Waals surface area contributed by atoms with E-state index in [1.54, 1.807) is 18.7 Å². The summed E-state index contributed by atoms with van der Waals surface area (Å²) in [5.41, 5.74) is 1.49. The first-order valence-electron chi connectivity index (χ1n) is 6.34. The van der Waals surface area contributed by atoms with Gasteiger partial charge in [-0.1, -0.05) is 18.2 Å². The number of hydrogen-bond acceptors (Lipinski definition) is 4. The Morgan fingerprint density at radius 1 is 1.40 bits per heavy atom. The minimum absolute atomic E-state index is 0.0233. The average Bonchev–Trinajstić information content (AvgIpc) is 2.73. The van der Waals surface area contributed by atoms with E-state index in [1.807, 2.05) is 24.3 Å². The Bertz CT molecular complexity index is 648. The van der Waals surface area contributed by atoms with Crippen molar-refractivity contribution >= 4 is 22.8 Å². The van der Waals surface area contributed by atoms with Gasteiger partial charge in [0.1, 0.15) is 0 Å². The maximum Gasteiger partial charge on any atom is 0.320 e. The van der Waals surface area contributed by atoms with Crippen molar-refractivity contribution in [1.82, 2.24) is 9.78 Å². The number of hydrogen-bond donors (Lipinski definition) is 1. The van der Waals surface area contributed by atoms with Crippen LogP contribution in [0.15, 0.2) is 24.3 Å². The van der Waals surface area contributed by atoms with Crippen LogP contribution in [0.2, 0.25) is 0 Å². The number of nitrogens with zero attached hydrogens (tertiary/aromatic N) is 2. The molecule has 20 heavy (non-hydrogen) atoms. The topological polar surface area (TPSA) is 81.4 Å². The summed E-state index contributed by atoms with van der Waals surface area (Å²) in [5, 5.41) is 14.3. The van der Waals surface area contributed by atoms with Crippen molar-refractivity contribution in [1.29, 1.82) is 0 Å². The van der Waals surface area contributed by atoms with Gasteiger partial charge < -0.3 is 9.84 Å². The Morgan fingerprint density at radius 2 is 2.10 bits per heavy atom. The average molecular weight is 276 g/mol. The van der Waals surface area contributed by atoms with E-state index in [2.05, 4.69) is 5.10 Å². The van der Waals surface area contributed by atoms with Gasteiger partial charge in [0.2, 0.25) is 0 Å². The highest BCUT2D eigenvalue weighted by Gasteiger charge is 2.29. The molecule has 1 N–H and O–H groups in total. The molecule has 2 rings (SSSR count). The zero-order valence-corrected chi connectivity index (χ0v) is 11.4. The fourth-order valence-electron chi connectivity index (χ4n) is 2.15. The zero-order chi connectivity index (χ0) is 14.7. The van der Waals surface area contributed by atoms with Gasteiger partial charge in [-0.05, 0) is 13.0 Å². The quantitative estimate of drug-likeness (QED) is 0.659. The zero-order valence-electron chi connectivity index (χ0n) is 11.4. The molecular weight excluding hydrogens is 260 g/mol. The van der Waals surface area contributed by atoms with E-state index in [-0.39, 0.29) is 13.0 Å². The number of fused-ring (bicyclic) bond motifs is 1. The van der Waals surface area contributed by atoms with Crippen molar-refractivity contribution in [3.63, 3.8) is 0 Å². The fraction of sp³-hybridized carbons (Fsp3) is 0.357. The van der Waals surface area contributed by atoms with E-state index in [4.69, 9.17) is 4.74 Å². The number of carboxylic acids is 1. The molecule has 0 fully saturated rings. The summed E-state index contributed by atoms with van der Waals surface area (Å²) in [6.07, 6.45) is 0.0233. The summed E-state index contributed by atoms with van der Waals surface area (Å²) in [4.78, 5) is 22.9. The summed E-state index contributed by atoms with van der Waals surface area (Å²) in [5.74, 6) is -3.15. The van der Waals surface area contributed by atoms with E-state index >= 15 is 0 Å². The molecule has 0 radical (unpaired) electrons. The van der Waals surface area contributed by atoms with Crippen molar-refractivity contribution in [3.8, 4) is 0 Å². The Labute approximate surface area is 116 Å². The van der Waals surface area contributed by atoms with Crippen LogP contribution < -0.4 is 0 Å².